The zero-order chi connectivity index (χ0) is 20.4. The molecular weight excluding hydrogens is 368 g/mol. The maximum Gasteiger partial charge on any atom is 0.325 e. The number of imide groups is 1. The van der Waals surface area contributed by atoms with E-state index in [-0.39, 0.29) is 37.0 Å². The van der Waals surface area contributed by atoms with Crippen LogP contribution in [0.3, 0.4) is 0 Å². The zero-order valence-corrected chi connectivity index (χ0v) is 17.0. The van der Waals surface area contributed by atoms with E-state index in [2.05, 4.69) is 29.4 Å². The SMILES string of the molecule is CN1CCCCC[C@@H]2[C@@H]1C[C@@H](Cc1ccccc1)N2C(=O)CN1C(=O)CNC1=O. The summed E-state index contributed by atoms with van der Waals surface area (Å²) < 4.78 is 0. The van der Waals surface area contributed by atoms with Crippen LogP contribution < -0.4 is 5.32 Å². The van der Waals surface area contributed by atoms with E-state index < -0.39 is 6.03 Å². The molecule has 0 bridgehead atoms. The first-order valence-corrected chi connectivity index (χ1v) is 10.7. The van der Waals surface area contributed by atoms with Gasteiger partial charge in [-0.2, -0.15) is 0 Å². The number of benzene rings is 1. The van der Waals surface area contributed by atoms with Gasteiger partial charge in [0.1, 0.15) is 6.54 Å². The summed E-state index contributed by atoms with van der Waals surface area (Å²) in [5, 5.41) is 2.51. The van der Waals surface area contributed by atoms with Crippen molar-refractivity contribution in [2.24, 2.45) is 0 Å². The number of hydrogen-bond donors (Lipinski definition) is 1. The minimum absolute atomic E-state index is 0.0195. The van der Waals surface area contributed by atoms with E-state index in [1.54, 1.807) is 0 Å². The molecule has 4 amide bonds. The van der Waals surface area contributed by atoms with Crippen LogP contribution in [-0.4, -0.2) is 77.4 Å². The first-order chi connectivity index (χ1) is 14.0. The number of urea groups is 1. The number of fused-ring (bicyclic) bond motifs is 1. The monoisotopic (exact) mass is 398 g/mol. The number of rotatable bonds is 4. The first kappa shape index (κ1) is 19.9. The zero-order valence-electron chi connectivity index (χ0n) is 17.0. The summed E-state index contributed by atoms with van der Waals surface area (Å²) >= 11 is 0. The third-order valence-electron chi connectivity index (χ3n) is 6.62. The Balaban J connectivity index is 1.58. The molecule has 3 aliphatic heterocycles. The topological polar surface area (TPSA) is 73.0 Å². The minimum atomic E-state index is -0.464. The number of nitrogens with zero attached hydrogens (tertiary/aromatic N) is 3. The molecule has 156 valence electrons. The number of nitrogens with one attached hydrogen (secondary N) is 1. The summed E-state index contributed by atoms with van der Waals surface area (Å²) in [4.78, 5) is 42.8. The van der Waals surface area contributed by atoms with Crippen molar-refractivity contribution in [2.75, 3.05) is 26.7 Å². The van der Waals surface area contributed by atoms with E-state index in [4.69, 9.17) is 0 Å². The van der Waals surface area contributed by atoms with Crippen LogP contribution in [0.15, 0.2) is 30.3 Å². The number of likely N-dealkylation sites (N-methyl/N-ethyl adjacent to an activating group) is 1. The molecule has 29 heavy (non-hydrogen) atoms. The van der Waals surface area contributed by atoms with Crippen LogP contribution in [0.4, 0.5) is 4.79 Å². The second kappa shape index (κ2) is 8.53. The third kappa shape index (κ3) is 4.15. The lowest BCUT2D eigenvalue weighted by molar-refractivity contribution is -0.139. The van der Waals surface area contributed by atoms with Gasteiger partial charge in [0.25, 0.3) is 5.91 Å². The molecule has 3 atom stereocenters. The van der Waals surface area contributed by atoms with Crippen LogP contribution in [0.5, 0.6) is 0 Å². The molecule has 0 radical (unpaired) electrons. The maximum absolute atomic E-state index is 13.4. The Labute approximate surface area is 172 Å². The molecule has 7 nitrogen and oxygen atoms in total. The molecular formula is C22H30N4O3. The Kier molecular flexibility index (Phi) is 5.85. The van der Waals surface area contributed by atoms with Gasteiger partial charge in [0, 0.05) is 18.1 Å². The van der Waals surface area contributed by atoms with Gasteiger partial charge in [-0.05, 0) is 44.8 Å². The smallest absolute Gasteiger partial charge is 0.325 e. The summed E-state index contributed by atoms with van der Waals surface area (Å²) in [7, 11) is 2.16. The van der Waals surface area contributed by atoms with E-state index in [1.165, 1.54) is 18.4 Å². The minimum Gasteiger partial charge on any atom is -0.333 e. The van der Waals surface area contributed by atoms with Crippen LogP contribution in [0, 0.1) is 0 Å². The van der Waals surface area contributed by atoms with Crippen LogP contribution in [0.2, 0.25) is 0 Å². The van der Waals surface area contributed by atoms with Crippen molar-refractivity contribution < 1.29 is 14.4 Å². The van der Waals surface area contributed by atoms with E-state index >= 15 is 0 Å². The van der Waals surface area contributed by atoms with Crippen LogP contribution in [-0.2, 0) is 16.0 Å². The van der Waals surface area contributed by atoms with Crippen molar-refractivity contribution in [3.8, 4) is 0 Å². The standard InChI is InChI=1S/C22H30N4O3/c1-24-11-7-3-6-10-18-19(24)13-17(12-16-8-4-2-5-9-16)26(18)21(28)15-25-20(27)14-23-22(25)29/h2,4-5,8-9,17-19H,3,6-7,10-15H2,1H3,(H,23,29)/t17-,18-,19+/m1/s1. The normalized spacial score (nSPS) is 28.1. The highest BCUT2D eigenvalue weighted by molar-refractivity contribution is 6.04. The van der Waals surface area contributed by atoms with E-state index in [0.29, 0.717) is 6.04 Å². The summed E-state index contributed by atoms with van der Waals surface area (Å²) in [6.45, 7) is 0.867. The molecule has 4 rings (SSSR count). The number of hydrogen-bond acceptors (Lipinski definition) is 4. The predicted octanol–water partition coefficient (Wildman–Crippen LogP) is 1.62. The van der Waals surface area contributed by atoms with Gasteiger partial charge in [-0.15, -0.1) is 0 Å². The first-order valence-electron chi connectivity index (χ1n) is 10.7. The summed E-state index contributed by atoms with van der Waals surface area (Å²) in [5.41, 5.74) is 1.21. The highest BCUT2D eigenvalue weighted by Gasteiger charge is 2.46. The number of carbonyl (C=O) groups excluding carboxylic acids is 3. The molecule has 3 heterocycles. The Hall–Kier alpha value is -2.41. The van der Waals surface area contributed by atoms with Crippen LogP contribution >= 0.6 is 0 Å². The maximum atomic E-state index is 13.4. The number of carbonyl (C=O) groups is 3. The van der Waals surface area contributed by atoms with Crippen molar-refractivity contribution in [2.45, 2.75) is 56.7 Å². The Morgan fingerprint density at radius 3 is 2.62 bits per heavy atom. The Morgan fingerprint density at radius 1 is 1.10 bits per heavy atom. The van der Waals surface area contributed by atoms with E-state index in [0.717, 1.165) is 37.1 Å². The number of amides is 4. The average Bonchev–Trinajstić information content (AvgIpc) is 3.21. The van der Waals surface area contributed by atoms with Crippen molar-refractivity contribution in [3.63, 3.8) is 0 Å². The van der Waals surface area contributed by atoms with Crippen LogP contribution in [0.1, 0.15) is 37.7 Å². The van der Waals surface area contributed by atoms with Gasteiger partial charge in [-0.3, -0.25) is 14.5 Å². The summed E-state index contributed by atoms with van der Waals surface area (Å²) in [6, 6.07) is 10.3. The molecule has 3 aliphatic rings. The predicted molar refractivity (Wildman–Crippen MR) is 109 cm³/mol. The fourth-order valence-corrected chi connectivity index (χ4v) is 5.16. The largest absolute Gasteiger partial charge is 0.333 e. The molecule has 1 N–H and O–H groups in total. The lowest BCUT2D eigenvalue weighted by Crippen LogP contribution is -2.51. The fourth-order valence-electron chi connectivity index (χ4n) is 5.16. The van der Waals surface area contributed by atoms with E-state index in [1.807, 2.05) is 23.1 Å². The van der Waals surface area contributed by atoms with Crippen molar-refractivity contribution in [1.29, 1.82) is 0 Å². The van der Waals surface area contributed by atoms with E-state index in [9.17, 15) is 14.4 Å². The Morgan fingerprint density at radius 2 is 1.90 bits per heavy atom. The van der Waals surface area contributed by atoms with Crippen LogP contribution in [0.25, 0.3) is 0 Å². The molecule has 3 fully saturated rings. The molecule has 0 spiro atoms. The second-order valence-electron chi connectivity index (χ2n) is 8.48. The number of likely N-dealkylation sites (tertiary alicyclic amines) is 2. The third-order valence-corrected chi connectivity index (χ3v) is 6.62. The molecule has 1 aromatic rings. The van der Waals surface area contributed by atoms with Gasteiger partial charge in [-0.25, -0.2) is 4.79 Å². The van der Waals surface area contributed by atoms with Gasteiger partial charge < -0.3 is 15.1 Å². The molecule has 7 heteroatoms. The lowest BCUT2D eigenvalue weighted by Gasteiger charge is -2.36. The van der Waals surface area contributed by atoms with Gasteiger partial charge in [0.15, 0.2) is 0 Å². The van der Waals surface area contributed by atoms with Gasteiger partial charge in [0.05, 0.1) is 6.54 Å². The molecule has 0 aromatic heterocycles. The Bertz CT molecular complexity index is 753. The van der Waals surface area contributed by atoms with Gasteiger partial charge in [0.2, 0.25) is 5.91 Å². The second-order valence-corrected chi connectivity index (χ2v) is 8.48. The highest BCUT2D eigenvalue weighted by Crippen LogP contribution is 2.35. The van der Waals surface area contributed by atoms with Gasteiger partial charge in [-0.1, -0.05) is 43.2 Å². The summed E-state index contributed by atoms with van der Waals surface area (Å²) in [5.74, 6) is -0.439. The molecule has 3 saturated heterocycles. The average molecular weight is 399 g/mol. The van der Waals surface area contributed by atoms with Gasteiger partial charge >= 0.3 is 6.03 Å². The fraction of sp³-hybridized carbons (Fsp3) is 0.591. The highest BCUT2D eigenvalue weighted by atomic mass is 16.2. The molecule has 0 saturated carbocycles. The lowest BCUT2D eigenvalue weighted by atomic mass is 9.96. The molecule has 0 unspecified atom stereocenters. The molecule has 0 aliphatic carbocycles. The van der Waals surface area contributed by atoms with Crippen molar-refractivity contribution in [1.82, 2.24) is 20.0 Å². The van der Waals surface area contributed by atoms with Crippen molar-refractivity contribution >= 4 is 17.8 Å². The van der Waals surface area contributed by atoms with Crippen molar-refractivity contribution in [3.05, 3.63) is 35.9 Å². The molecule has 1 aromatic carbocycles. The quantitative estimate of drug-likeness (QED) is 0.783. The summed E-state index contributed by atoms with van der Waals surface area (Å²) in [6.07, 6.45) is 6.19.